The largest absolute Gasteiger partial charge is 0.325 e. The summed E-state index contributed by atoms with van der Waals surface area (Å²) in [5.74, 6) is 0. The van der Waals surface area contributed by atoms with Gasteiger partial charge in [-0.3, -0.25) is 0 Å². The first-order valence-electron chi connectivity index (χ1n) is 1.87. The molecule has 1 atom stereocenters. The molecule has 0 bridgehead atoms. The van der Waals surface area contributed by atoms with Crippen LogP contribution in [0.15, 0.2) is 12.7 Å². The van der Waals surface area contributed by atoms with Crippen molar-refractivity contribution in [3.8, 4) is 0 Å². The van der Waals surface area contributed by atoms with Gasteiger partial charge >= 0.3 is 8.46 Å². The van der Waals surface area contributed by atoms with E-state index < -0.39 is 0 Å². The summed E-state index contributed by atoms with van der Waals surface area (Å²) in [4.78, 5) is 0. The Kier molecular flexibility index (Phi) is 4.71. The molecule has 0 saturated carbocycles. The minimum absolute atomic E-state index is 0.157. The van der Waals surface area contributed by atoms with E-state index in [0.29, 0.717) is 0 Å². The lowest BCUT2D eigenvalue weighted by Crippen LogP contribution is -1.60. The lowest BCUT2D eigenvalue weighted by molar-refractivity contribution is 0.598. The molecule has 1 nitrogen and oxygen atoms in total. The van der Waals surface area contributed by atoms with Gasteiger partial charge in [-0.1, -0.05) is 10.6 Å². The van der Waals surface area contributed by atoms with Crippen molar-refractivity contribution in [1.29, 1.82) is 0 Å². The molecular formula is C4H8OP+. The molecule has 0 aliphatic carbocycles. The van der Waals surface area contributed by atoms with Crippen LogP contribution in [0.4, 0.5) is 0 Å². The second kappa shape index (κ2) is 4.84. The van der Waals surface area contributed by atoms with E-state index in [0.717, 1.165) is 12.6 Å². The summed E-state index contributed by atoms with van der Waals surface area (Å²) in [7, 11) is -0.157. The zero-order valence-electron chi connectivity index (χ0n) is 3.61. The third-order valence-electron chi connectivity index (χ3n) is 0.451. The van der Waals surface area contributed by atoms with Crippen LogP contribution in [0.1, 0.15) is 6.42 Å². The molecule has 34 valence electrons. The fraction of sp³-hybridized carbons (Fsp3) is 0.500. The van der Waals surface area contributed by atoms with Crippen molar-refractivity contribution >= 4 is 8.46 Å². The van der Waals surface area contributed by atoms with Gasteiger partial charge < -0.3 is 0 Å². The third kappa shape index (κ3) is 3.84. The van der Waals surface area contributed by atoms with Crippen molar-refractivity contribution in [2.75, 3.05) is 6.16 Å². The van der Waals surface area contributed by atoms with Crippen molar-refractivity contribution < 1.29 is 4.57 Å². The van der Waals surface area contributed by atoms with Crippen LogP contribution >= 0.6 is 8.46 Å². The molecule has 0 saturated heterocycles. The number of hydrogen-bond acceptors (Lipinski definition) is 1. The van der Waals surface area contributed by atoms with E-state index in [-0.39, 0.29) is 8.46 Å². The van der Waals surface area contributed by atoms with E-state index in [1.807, 2.05) is 0 Å². The Labute approximate surface area is 39.3 Å². The lowest BCUT2D eigenvalue weighted by Gasteiger charge is -1.64. The van der Waals surface area contributed by atoms with Crippen molar-refractivity contribution in [2.24, 2.45) is 0 Å². The highest BCUT2D eigenvalue weighted by Gasteiger charge is 1.81. The van der Waals surface area contributed by atoms with Gasteiger partial charge in [0.2, 0.25) is 0 Å². The van der Waals surface area contributed by atoms with Crippen LogP contribution in [0.3, 0.4) is 0 Å². The van der Waals surface area contributed by atoms with Crippen LogP contribution in [0.2, 0.25) is 0 Å². The zero-order chi connectivity index (χ0) is 4.83. The molecule has 0 heterocycles. The predicted octanol–water partition coefficient (Wildman–Crippen LogP) is 1.59. The highest BCUT2D eigenvalue weighted by molar-refractivity contribution is 7.23. The second-order valence-corrected chi connectivity index (χ2v) is 1.76. The van der Waals surface area contributed by atoms with Gasteiger partial charge in [-0.2, -0.15) is 0 Å². The third-order valence-corrected chi connectivity index (χ3v) is 0.943. The van der Waals surface area contributed by atoms with E-state index in [4.69, 9.17) is 0 Å². The summed E-state index contributed by atoms with van der Waals surface area (Å²) in [6.45, 7) is 3.46. The molecule has 6 heavy (non-hydrogen) atoms. The molecule has 0 radical (unpaired) electrons. The Morgan fingerprint density at radius 1 is 1.83 bits per heavy atom. The topological polar surface area (TPSA) is 17.1 Å². The lowest BCUT2D eigenvalue weighted by atomic mass is 10.5. The normalized spacial score (nSPS) is 8.67. The smallest absolute Gasteiger partial charge is 0.103 e. The summed E-state index contributed by atoms with van der Waals surface area (Å²) in [5.41, 5.74) is 0. The molecule has 0 rings (SSSR count). The molecule has 0 aliphatic heterocycles. The van der Waals surface area contributed by atoms with Crippen molar-refractivity contribution in [1.82, 2.24) is 0 Å². The Morgan fingerprint density at radius 3 is 2.67 bits per heavy atom. The molecule has 0 aliphatic rings. The van der Waals surface area contributed by atoms with Crippen LogP contribution in [0, 0.1) is 0 Å². The first kappa shape index (κ1) is 5.84. The molecule has 0 N–H and O–H groups in total. The van der Waals surface area contributed by atoms with Crippen molar-refractivity contribution in [2.45, 2.75) is 6.42 Å². The van der Waals surface area contributed by atoms with Crippen molar-refractivity contribution in [3.63, 3.8) is 0 Å². The average Bonchev–Trinajstić information content (AvgIpc) is 1.61. The van der Waals surface area contributed by atoms with Crippen LogP contribution in [-0.2, 0) is 4.57 Å². The molecule has 0 aromatic heterocycles. The molecule has 0 spiro atoms. The predicted molar refractivity (Wildman–Crippen MR) is 28.7 cm³/mol. The van der Waals surface area contributed by atoms with E-state index in [9.17, 15) is 4.57 Å². The Hall–Kier alpha value is -0.160. The maximum absolute atomic E-state index is 9.67. The molecule has 0 aromatic carbocycles. The first-order chi connectivity index (χ1) is 2.91. The Balaban J connectivity index is 2.66. The van der Waals surface area contributed by atoms with Crippen molar-refractivity contribution in [3.05, 3.63) is 12.7 Å². The van der Waals surface area contributed by atoms with Gasteiger partial charge in [0.1, 0.15) is 6.16 Å². The Morgan fingerprint density at radius 2 is 2.50 bits per heavy atom. The highest BCUT2D eigenvalue weighted by atomic mass is 31.1. The van der Waals surface area contributed by atoms with Crippen LogP contribution in [0.25, 0.3) is 0 Å². The molecule has 0 aromatic rings. The van der Waals surface area contributed by atoms with Crippen LogP contribution in [-0.4, -0.2) is 6.16 Å². The highest BCUT2D eigenvalue weighted by Crippen LogP contribution is 1.93. The minimum atomic E-state index is -0.157. The summed E-state index contributed by atoms with van der Waals surface area (Å²) >= 11 is 0. The van der Waals surface area contributed by atoms with Crippen LogP contribution < -0.4 is 0 Å². The minimum Gasteiger partial charge on any atom is -0.103 e. The van der Waals surface area contributed by atoms with E-state index in [1.54, 1.807) is 6.08 Å². The van der Waals surface area contributed by atoms with Gasteiger partial charge in [0.15, 0.2) is 0 Å². The van der Waals surface area contributed by atoms with Gasteiger partial charge in [-0.15, -0.1) is 6.58 Å². The Bertz CT molecular complexity index is 43.5. The number of hydrogen-bond donors (Lipinski definition) is 0. The van der Waals surface area contributed by atoms with Gasteiger partial charge in [-0.25, -0.2) is 0 Å². The SMILES string of the molecule is C=CCC[PH+]=O. The summed E-state index contributed by atoms with van der Waals surface area (Å²) in [5, 5.41) is 0. The summed E-state index contributed by atoms with van der Waals surface area (Å²) in [6, 6.07) is 0. The molecular weight excluding hydrogens is 95.0 g/mol. The van der Waals surface area contributed by atoms with Gasteiger partial charge in [0.05, 0.1) is 0 Å². The average molecular weight is 103 g/mol. The number of allylic oxidation sites excluding steroid dienone is 1. The van der Waals surface area contributed by atoms with E-state index in [1.165, 1.54) is 0 Å². The summed E-state index contributed by atoms with van der Waals surface area (Å²) < 4.78 is 9.67. The van der Waals surface area contributed by atoms with Crippen LogP contribution in [0.5, 0.6) is 0 Å². The fourth-order valence-corrected chi connectivity index (χ4v) is 0.483. The van der Waals surface area contributed by atoms with E-state index in [2.05, 4.69) is 6.58 Å². The standard InChI is InChI=1S/C4H7OP/c1-2-3-4-6-5/h2H,1,3-4H2/p+1. The van der Waals surface area contributed by atoms with Gasteiger partial charge in [0.25, 0.3) is 0 Å². The number of rotatable bonds is 3. The first-order valence-corrected chi connectivity index (χ1v) is 2.99. The van der Waals surface area contributed by atoms with Gasteiger partial charge in [-0.05, 0) is 0 Å². The monoisotopic (exact) mass is 103 g/mol. The molecule has 0 amide bonds. The summed E-state index contributed by atoms with van der Waals surface area (Å²) in [6.07, 6.45) is 3.41. The maximum Gasteiger partial charge on any atom is 0.325 e. The fourth-order valence-electron chi connectivity index (χ4n) is 0.161. The quantitative estimate of drug-likeness (QED) is 0.301. The molecule has 0 fully saturated rings. The van der Waals surface area contributed by atoms with Gasteiger partial charge in [0, 0.05) is 6.42 Å². The zero-order valence-corrected chi connectivity index (χ0v) is 4.61. The molecule has 1 unspecified atom stereocenters. The maximum atomic E-state index is 9.67. The second-order valence-electron chi connectivity index (χ2n) is 0.972. The molecule has 2 heteroatoms. The van der Waals surface area contributed by atoms with E-state index >= 15 is 0 Å².